The standard InChI is InChI=1S/C20H18BrN3O2/c1-12(25)23-15-7-17(21)19(26)24(11-15)18-9-20(2,3)8-14-5-4-13(10-22)6-16(14)18/h4-7,9,11H,8H2,1-3H3,(H,23,25). The molecule has 0 radical (unpaired) electrons. The average Bonchev–Trinajstić information content (AvgIpc) is 2.55. The zero-order valence-electron chi connectivity index (χ0n) is 14.8. The maximum atomic E-state index is 12.8. The number of nitrogens with one attached hydrogen (secondary N) is 1. The molecule has 1 aromatic heterocycles. The van der Waals surface area contributed by atoms with Crippen molar-refractivity contribution in [3.8, 4) is 6.07 Å². The predicted molar refractivity (Wildman–Crippen MR) is 105 cm³/mol. The van der Waals surface area contributed by atoms with Crippen LogP contribution in [-0.2, 0) is 11.2 Å². The van der Waals surface area contributed by atoms with Gasteiger partial charge in [0.1, 0.15) is 0 Å². The number of carbonyl (C=O) groups excluding carboxylic acids is 1. The summed E-state index contributed by atoms with van der Waals surface area (Å²) in [6, 6.07) is 9.29. The molecule has 1 amide bonds. The average molecular weight is 412 g/mol. The van der Waals surface area contributed by atoms with Gasteiger partial charge in [-0.05, 0) is 51.5 Å². The van der Waals surface area contributed by atoms with Crippen molar-refractivity contribution >= 4 is 33.2 Å². The van der Waals surface area contributed by atoms with Crippen LogP contribution in [0.25, 0.3) is 5.70 Å². The molecule has 1 aromatic carbocycles. The van der Waals surface area contributed by atoms with Gasteiger partial charge in [0.2, 0.25) is 5.91 Å². The summed E-state index contributed by atoms with van der Waals surface area (Å²) < 4.78 is 1.88. The summed E-state index contributed by atoms with van der Waals surface area (Å²) in [5.41, 5.74) is 3.34. The summed E-state index contributed by atoms with van der Waals surface area (Å²) in [7, 11) is 0. The molecule has 1 aliphatic carbocycles. The number of anilines is 1. The topological polar surface area (TPSA) is 74.9 Å². The second-order valence-corrected chi connectivity index (χ2v) is 7.97. The van der Waals surface area contributed by atoms with E-state index in [9.17, 15) is 14.9 Å². The van der Waals surface area contributed by atoms with Crippen LogP contribution in [-0.4, -0.2) is 10.5 Å². The molecule has 0 atom stereocenters. The molecule has 5 nitrogen and oxygen atoms in total. The number of nitriles is 1. The molecule has 0 spiro atoms. The Morgan fingerprint density at radius 1 is 1.35 bits per heavy atom. The molecular weight excluding hydrogens is 394 g/mol. The Morgan fingerprint density at radius 2 is 2.08 bits per heavy atom. The maximum absolute atomic E-state index is 12.8. The number of benzene rings is 1. The third kappa shape index (κ3) is 3.49. The highest BCUT2D eigenvalue weighted by Crippen LogP contribution is 2.37. The van der Waals surface area contributed by atoms with Crippen LogP contribution in [0.5, 0.6) is 0 Å². The maximum Gasteiger partial charge on any atom is 0.269 e. The number of amides is 1. The third-order valence-electron chi connectivity index (χ3n) is 4.24. The minimum absolute atomic E-state index is 0.146. The van der Waals surface area contributed by atoms with Crippen LogP contribution in [0.4, 0.5) is 5.69 Å². The van der Waals surface area contributed by atoms with Crippen molar-refractivity contribution in [2.45, 2.75) is 27.2 Å². The smallest absolute Gasteiger partial charge is 0.269 e. The van der Waals surface area contributed by atoms with E-state index in [0.717, 1.165) is 17.5 Å². The van der Waals surface area contributed by atoms with Crippen LogP contribution in [0.15, 0.2) is 45.8 Å². The van der Waals surface area contributed by atoms with Crippen molar-refractivity contribution in [1.29, 1.82) is 5.26 Å². The van der Waals surface area contributed by atoms with E-state index in [4.69, 9.17) is 0 Å². The number of carbonyl (C=O) groups is 1. The van der Waals surface area contributed by atoms with E-state index < -0.39 is 0 Å². The number of pyridine rings is 1. The van der Waals surface area contributed by atoms with Gasteiger partial charge in [0, 0.05) is 18.7 Å². The molecule has 6 heteroatoms. The number of halogens is 1. The lowest BCUT2D eigenvalue weighted by Gasteiger charge is -2.30. The van der Waals surface area contributed by atoms with E-state index in [1.165, 1.54) is 11.5 Å². The molecule has 0 aliphatic heterocycles. The van der Waals surface area contributed by atoms with E-state index in [0.29, 0.717) is 21.4 Å². The fraction of sp³-hybridized carbons (Fsp3) is 0.250. The van der Waals surface area contributed by atoms with Crippen LogP contribution < -0.4 is 10.9 Å². The molecule has 1 N–H and O–H groups in total. The first kappa shape index (κ1) is 18.2. The van der Waals surface area contributed by atoms with Gasteiger partial charge in [-0.1, -0.05) is 26.0 Å². The summed E-state index contributed by atoms with van der Waals surface area (Å²) in [5.74, 6) is -0.216. The number of allylic oxidation sites excluding steroid dienone is 1. The summed E-state index contributed by atoms with van der Waals surface area (Å²) in [5, 5.41) is 12.0. The Hall–Kier alpha value is -2.65. The van der Waals surface area contributed by atoms with E-state index in [-0.39, 0.29) is 16.9 Å². The van der Waals surface area contributed by atoms with Gasteiger partial charge in [-0.3, -0.25) is 14.2 Å². The summed E-state index contributed by atoms with van der Waals surface area (Å²) >= 11 is 3.29. The summed E-state index contributed by atoms with van der Waals surface area (Å²) in [6.07, 6.45) is 4.48. The Balaban J connectivity index is 2.27. The van der Waals surface area contributed by atoms with Crippen molar-refractivity contribution in [2.24, 2.45) is 5.41 Å². The largest absolute Gasteiger partial charge is 0.325 e. The Labute approximate surface area is 160 Å². The van der Waals surface area contributed by atoms with Gasteiger partial charge < -0.3 is 5.32 Å². The first-order valence-corrected chi connectivity index (χ1v) is 8.96. The Bertz CT molecular complexity index is 1040. The molecule has 132 valence electrons. The van der Waals surface area contributed by atoms with Gasteiger partial charge in [0.15, 0.2) is 0 Å². The molecule has 0 saturated carbocycles. The Kier molecular flexibility index (Phi) is 4.59. The van der Waals surface area contributed by atoms with Crippen molar-refractivity contribution in [1.82, 2.24) is 4.57 Å². The SMILES string of the molecule is CC(=O)Nc1cc(Br)c(=O)n(C2=CC(C)(C)Cc3ccc(C#N)cc32)c1. The van der Waals surface area contributed by atoms with Crippen LogP contribution in [0.2, 0.25) is 0 Å². The Morgan fingerprint density at radius 3 is 2.73 bits per heavy atom. The van der Waals surface area contributed by atoms with Crippen LogP contribution >= 0.6 is 15.9 Å². The predicted octanol–water partition coefficient (Wildman–Crippen LogP) is 3.91. The van der Waals surface area contributed by atoms with Crippen molar-refractivity contribution in [2.75, 3.05) is 5.32 Å². The van der Waals surface area contributed by atoms with Gasteiger partial charge >= 0.3 is 0 Å². The summed E-state index contributed by atoms with van der Waals surface area (Å²) in [6.45, 7) is 5.62. The lowest BCUT2D eigenvalue weighted by Crippen LogP contribution is -2.27. The number of hydrogen-bond donors (Lipinski definition) is 1. The quantitative estimate of drug-likeness (QED) is 0.813. The molecule has 3 rings (SSSR count). The van der Waals surface area contributed by atoms with Gasteiger partial charge in [-0.25, -0.2) is 0 Å². The van der Waals surface area contributed by atoms with E-state index in [1.807, 2.05) is 18.2 Å². The number of aromatic nitrogens is 1. The molecule has 0 fully saturated rings. The van der Waals surface area contributed by atoms with Crippen molar-refractivity contribution in [3.05, 3.63) is 68.1 Å². The number of fused-ring (bicyclic) bond motifs is 1. The van der Waals surface area contributed by atoms with E-state index >= 15 is 0 Å². The first-order valence-electron chi connectivity index (χ1n) is 8.16. The van der Waals surface area contributed by atoms with Crippen LogP contribution in [0, 0.1) is 16.7 Å². The highest BCUT2D eigenvalue weighted by Gasteiger charge is 2.27. The van der Waals surface area contributed by atoms with Crippen LogP contribution in [0.1, 0.15) is 37.5 Å². The second-order valence-electron chi connectivity index (χ2n) is 7.11. The first-order chi connectivity index (χ1) is 12.2. The number of nitrogens with zero attached hydrogens (tertiary/aromatic N) is 2. The molecule has 0 unspecified atom stereocenters. The monoisotopic (exact) mass is 411 g/mol. The van der Waals surface area contributed by atoms with Crippen molar-refractivity contribution in [3.63, 3.8) is 0 Å². The molecule has 1 heterocycles. The number of rotatable bonds is 2. The fourth-order valence-corrected chi connectivity index (χ4v) is 3.66. The van der Waals surface area contributed by atoms with Gasteiger partial charge in [0.05, 0.1) is 27.5 Å². The zero-order valence-corrected chi connectivity index (χ0v) is 16.3. The molecule has 1 aliphatic rings. The van der Waals surface area contributed by atoms with Crippen molar-refractivity contribution < 1.29 is 4.79 Å². The summed E-state index contributed by atoms with van der Waals surface area (Å²) in [4.78, 5) is 24.2. The van der Waals surface area contributed by atoms with Gasteiger partial charge in [-0.15, -0.1) is 0 Å². The lowest BCUT2D eigenvalue weighted by molar-refractivity contribution is -0.114. The minimum Gasteiger partial charge on any atom is -0.325 e. The highest BCUT2D eigenvalue weighted by molar-refractivity contribution is 9.10. The highest BCUT2D eigenvalue weighted by atomic mass is 79.9. The van der Waals surface area contributed by atoms with Gasteiger partial charge in [-0.2, -0.15) is 5.26 Å². The fourth-order valence-electron chi connectivity index (χ4n) is 3.23. The van der Waals surface area contributed by atoms with Crippen LogP contribution in [0.3, 0.4) is 0 Å². The molecule has 26 heavy (non-hydrogen) atoms. The molecule has 0 saturated heterocycles. The molecule has 2 aromatic rings. The van der Waals surface area contributed by atoms with Gasteiger partial charge in [0.25, 0.3) is 5.56 Å². The second kappa shape index (κ2) is 6.58. The molecule has 0 bridgehead atoms. The normalized spacial score (nSPS) is 14.8. The lowest BCUT2D eigenvalue weighted by atomic mass is 9.77. The third-order valence-corrected chi connectivity index (χ3v) is 4.81. The minimum atomic E-state index is -0.226. The zero-order chi connectivity index (χ0) is 19.1. The van der Waals surface area contributed by atoms with E-state index in [1.54, 1.807) is 18.3 Å². The molecular formula is C20H18BrN3O2. The number of hydrogen-bond acceptors (Lipinski definition) is 3. The van der Waals surface area contributed by atoms with E-state index in [2.05, 4.69) is 41.2 Å².